The Morgan fingerprint density at radius 2 is 1.93 bits per heavy atom. The summed E-state index contributed by atoms with van der Waals surface area (Å²) in [5.41, 5.74) is 4.26. The Morgan fingerprint density at radius 3 is 2.66 bits per heavy atom. The van der Waals surface area contributed by atoms with E-state index < -0.39 is 5.97 Å². The molecule has 29 heavy (non-hydrogen) atoms. The Morgan fingerprint density at radius 1 is 1.14 bits per heavy atom. The summed E-state index contributed by atoms with van der Waals surface area (Å²) < 4.78 is 11.4. The van der Waals surface area contributed by atoms with E-state index in [9.17, 15) is 9.59 Å². The molecule has 1 aromatic heterocycles. The van der Waals surface area contributed by atoms with Crippen molar-refractivity contribution >= 4 is 16.9 Å². The first-order valence-corrected chi connectivity index (χ1v) is 10.4. The number of carbonyl (C=O) groups excluding carboxylic acids is 1. The van der Waals surface area contributed by atoms with Crippen molar-refractivity contribution in [2.45, 2.75) is 51.9 Å². The SMILES string of the molecule is CCCc1c(C2CC2c2ccccc2C)oc2ccc(C(=O)OCC)cc2c1=O. The van der Waals surface area contributed by atoms with Gasteiger partial charge in [0.2, 0.25) is 0 Å². The Kier molecular flexibility index (Phi) is 5.27. The lowest BCUT2D eigenvalue weighted by atomic mass is 9.98. The van der Waals surface area contributed by atoms with Gasteiger partial charge in [0.1, 0.15) is 11.3 Å². The molecule has 0 amide bonds. The monoisotopic (exact) mass is 390 g/mol. The van der Waals surface area contributed by atoms with Crippen molar-refractivity contribution in [1.82, 2.24) is 0 Å². The second-order valence-electron chi connectivity index (χ2n) is 7.76. The Balaban J connectivity index is 1.78. The highest BCUT2D eigenvalue weighted by atomic mass is 16.5. The first-order valence-electron chi connectivity index (χ1n) is 10.4. The van der Waals surface area contributed by atoms with Crippen LogP contribution in [0.25, 0.3) is 11.0 Å². The molecule has 1 aliphatic rings. The van der Waals surface area contributed by atoms with Crippen LogP contribution in [-0.4, -0.2) is 12.6 Å². The Hall–Kier alpha value is -2.88. The fourth-order valence-electron chi connectivity index (χ4n) is 4.21. The number of fused-ring (bicyclic) bond motifs is 1. The molecule has 1 fully saturated rings. The minimum absolute atomic E-state index is 0.0234. The van der Waals surface area contributed by atoms with Gasteiger partial charge in [-0.05, 0) is 61.9 Å². The summed E-state index contributed by atoms with van der Waals surface area (Å²) in [4.78, 5) is 25.4. The quantitative estimate of drug-likeness (QED) is 0.521. The van der Waals surface area contributed by atoms with Gasteiger partial charge >= 0.3 is 5.97 Å². The van der Waals surface area contributed by atoms with Gasteiger partial charge < -0.3 is 9.15 Å². The molecular weight excluding hydrogens is 364 g/mol. The second kappa shape index (κ2) is 7.86. The molecule has 0 spiro atoms. The summed E-state index contributed by atoms with van der Waals surface area (Å²) in [5, 5.41) is 0.454. The van der Waals surface area contributed by atoms with E-state index in [0.29, 0.717) is 35.5 Å². The van der Waals surface area contributed by atoms with Crippen molar-refractivity contribution < 1.29 is 13.9 Å². The zero-order valence-electron chi connectivity index (χ0n) is 17.2. The second-order valence-corrected chi connectivity index (χ2v) is 7.76. The lowest BCUT2D eigenvalue weighted by Crippen LogP contribution is -2.14. The Bertz CT molecular complexity index is 1130. The average Bonchev–Trinajstić information content (AvgIpc) is 3.51. The number of esters is 1. The number of rotatable bonds is 6. The highest BCUT2D eigenvalue weighted by Gasteiger charge is 2.44. The molecule has 2 atom stereocenters. The molecule has 4 nitrogen and oxygen atoms in total. The lowest BCUT2D eigenvalue weighted by molar-refractivity contribution is 0.0526. The molecule has 2 aromatic carbocycles. The van der Waals surface area contributed by atoms with E-state index in [4.69, 9.17) is 9.15 Å². The van der Waals surface area contributed by atoms with Crippen molar-refractivity contribution in [2.75, 3.05) is 6.61 Å². The van der Waals surface area contributed by atoms with E-state index >= 15 is 0 Å². The number of benzene rings is 2. The molecule has 4 rings (SSSR count). The maximum atomic E-state index is 13.3. The number of ether oxygens (including phenoxy) is 1. The number of carbonyl (C=O) groups is 1. The van der Waals surface area contributed by atoms with Gasteiger partial charge in [-0.1, -0.05) is 37.6 Å². The van der Waals surface area contributed by atoms with E-state index in [1.165, 1.54) is 11.1 Å². The first kappa shape index (κ1) is 19.4. The minimum Gasteiger partial charge on any atom is -0.462 e. The van der Waals surface area contributed by atoms with Crippen LogP contribution < -0.4 is 5.43 Å². The van der Waals surface area contributed by atoms with Gasteiger partial charge in [-0.25, -0.2) is 4.79 Å². The third kappa shape index (κ3) is 3.59. The summed E-state index contributed by atoms with van der Waals surface area (Å²) in [7, 11) is 0. The molecule has 0 radical (unpaired) electrons. The van der Waals surface area contributed by atoms with E-state index in [1.807, 2.05) is 0 Å². The van der Waals surface area contributed by atoms with Gasteiger partial charge in [0.15, 0.2) is 5.43 Å². The highest BCUT2D eigenvalue weighted by Crippen LogP contribution is 2.56. The summed E-state index contributed by atoms with van der Waals surface area (Å²) in [5.74, 6) is 1.03. The fraction of sp³-hybridized carbons (Fsp3) is 0.360. The average molecular weight is 390 g/mol. The van der Waals surface area contributed by atoms with Crippen molar-refractivity contribution in [2.24, 2.45) is 0 Å². The molecule has 1 aliphatic carbocycles. The van der Waals surface area contributed by atoms with Crippen LogP contribution in [-0.2, 0) is 11.2 Å². The van der Waals surface area contributed by atoms with E-state index in [1.54, 1.807) is 25.1 Å². The largest absolute Gasteiger partial charge is 0.462 e. The maximum absolute atomic E-state index is 13.3. The van der Waals surface area contributed by atoms with Crippen LogP contribution in [0.3, 0.4) is 0 Å². The molecule has 1 heterocycles. The topological polar surface area (TPSA) is 56.5 Å². The molecule has 1 saturated carbocycles. The van der Waals surface area contributed by atoms with Gasteiger partial charge in [0.25, 0.3) is 0 Å². The van der Waals surface area contributed by atoms with Gasteiger partial charge in [-0.15, -0.1) is 0 Å². The normalized spacial score (nSPS) is 18.0. The lowest BCUT2D eigenvalue weighted by Gasteiger charge is -2.11. The number of hydrogen-bond donors (Lipinski definition) is 0. The molecule has 4 heteroatoms. The van der Waals surface area contributed by atoms with Crippen molar-refractivity contribution in [1.29, 1.82) is 0 Å². The standard InChI is InChI=1S/C25H26O4/c1-4-8-18-23(26)21-13-16(25(27)28-5-2)11-12-22(21)29-24(18)20-14-19(20)17-10-7-6-9-15(17)3/h6-7,9-13,19-20H,4-5,8,14H2,1-3H3. The zero-order chi connectivity index (χ0) is 20.5. The highest BCUT2D eigenvalue weighted by molar-refractivity contribution is 5.94. The summed E-state index contributed by atoms with van der Waals surface area (Å²) in [6.45, 7) is 6.26. The molecule has 150 valence electrons. The molecule has 0 bridgehead atoms. The molecule has 2 unspecified atom stereocenters. The molecular formula is C25H26O4. The predicted octanol–water partition coefficient (Wildman–Crippen LogP) is 5.50. The first-order chi connectivity index (χ1) is 14.0. The molecule has 0 aliphatic heterocycles. The van der Waals surface area contributed by atoms with Crippen LogP contribution in [0, 0.1) is 6.92 Å². The van der Waals surface area contributed by atoms with Gasteiger partial charge in [0.05, 0.1) is 17.6 Å². The van der Waals surface area contributed by atoms with E-state index in [2.05, 4.69) is 38.1 Å². The van der Waals surface area contributed by atoms with Crippen molar-refractivity contribution in [3.8, 4) is 0 Å². The summed E-state index contributed by atoms with van der Waals surface area (Å²) >= 11 is 0. The molecule has 0 N–H and O–H groups in total. The summed E-state index contributed by atoms with van der Waals surface area (Å²) in [6.07, 6.45) is 2.54. The van der Waals surface area contributed by atoms with Crippen molar-refractivity contribution in [3.05, 3.63) is 80.7 Å². The smallest absolute Gasteiger partial charge is 0.338 e. The van der Waals surface area contributed by atoms with Crippen LogP contribution in [0.15, 0.2) is 51.7 Å². The third-order valence-corrected chi connectivity index (χ3v) is 5.74. The maximum Gasteiger partial charge on any atom is 0.338 e. The minimum atomic E-state index is -0.420. The Labute approximate surface area is 170 Å². The zero-order valence-corrected chi connectivity index (χ0v) is 17.2. The van der Waals surface area contributed by atoms with E-state index in [0.717, 1.165) is 24.2 Å². The number of aryl methyl sites for hydroxylation is 1. The van der Waals surface area contributed by atoms with Crippen LogP contribution in [0.4, 0.5) is 0 Å². The van der Waals surface area contributed by atoms with E-state index in [-0.39, 0.29) is 11.3 Å². The predicted molar refractivity (Wildman–Crippen MR) is 114 cm³/mol. The van der Waals surface area contributed by atoms with Gasteiger partial charge in [-0.3, -0.25) is 4.79 Å². The van der Waals surface area contributed by atoms with Gasteiger partial charge in [-0.2, -0.15) is 0 Å². The van der Waals surface area contributed by atoms with Crippen LogP contribution in [0.1, 0.15) is 71.3 Å². The van der Waals surface area contributed by atoms with Crippen molar-refractivity contribution in [3.63, 3.8) is 0 Å². The van der Waals surface area contributed by atoms with Crippen LogP contribution >= 0.6 is 0 Å². The molecule has 0 saturated heterocycles. The number of hydrogen-bond acceptors (Lipinski definition) is 4. The van der Waals surface area contributed by atoms with Crippen LogP contribution in [0.2, 0.25) is 0 Å². The van der Waals surface area contributed by atoms with Crippen LogP contribution in [0.5, 0.6) is 0 Å². The third-order valence-electron chi connectivity index (χ3n) is 5.74. The van der Waals surface area contributed by atoms with Gasteiger partial charge in [0, 0.05) is 11.5 Å². The molecule has 3 aromatic rings. The fourth-order valence-corrected chi connectivity index (χ4v) is 4.21. The summed E-state index contributed by atoms with van der Waals surface area (Å²) in [6, 6.07) is 13.4.